The number of allylic oxidation sites excluding steroid dienone is 1. The number of nitrogens with zero attached hydrogens (tertiary/aromatic N) is 3. The van der Waals surface area contributed by atoms with Crippen LogP contribution in [0.4, 0.5) is 11.5 Å². The summed E-state index contributed by atoms with van der Waals surface area (Å²) >= 11 is -0.510. The van der Waals surface area contributed by atoms with E-state index in [1.54, 1.807) is 0 Å². The fourth-order valence-corrected chi connectivity index (χ4v) is 8.43. The van der Waals surface area contributed by atoms with Gasteiger partial charge in [-0.3, -0.25) is 0 Å². The molecule has 9 heteroatoms. The topological polar surface area (TPSA) is 101 Å². The molecule has 3 aliphatic carbocycles. The van der Waals surface area contributed by atoms with Crippen molar-refractivity contribution < 1.29 is 30.8 Å². The van der Waals surface area contributed by atoms with Gasteiger partial charge in [-0.05, 0) is 0 Å². The summed E-state index contributed by atoms with van der Waals surface area (Å²) in [6, 6.07) is 4.27. The van der Waals surface area contributed by atoms with Crippen LogP contribution < -0.4 is 37.2 Å². The molecular weight excluding hydrogens is 591 g/mol. The summed E-state index contributed by atoms with van der Waals surface area (Å²) in [5, 5.41) is 14.5. The van der Waals surface area contributed by atoms with Crippen molar-refractivity contribution in [3.05, 3.63) is 54.2 Å². The molecule has 2 fully saturated rings. The van der Waals surface area contributed by atoms with Gasteiger partial charge in [0.15, 0.2) is 0 Å². The molecule has 0 saturated heterocycles. The van der Waals surface area contributed by atoms with Gasteiger partial charge in [-0.2, -0.15) is 0 Å². The summed E-state index contributed by atoms with van der Waals surface area (Å²) < 4.78 is 4.21. The van der Waals surface area contributed by atoms with Crippen LogP contribution in [0.5, 0.6) is 0 Å². The number of anilines is 2. The van der Waals surface area contributed by atoms with Gasteiger partial charge in [0.05, 0.1) is 0 Å². The van der Waals surface area contributed by atoms with Crippen molar-refractivity contribution in [2.75, 3.05) is 11.9 Å². The van der Waals surface area contributed by atoms with Crippen molar-refractivity contribution in [2.45, 2.75) is 70.6 Å². The number of amides is 2. The van der Waals surface area contributed by atoms with Crippen LogP contribution in [-0.2, 0) is 16.6 Å². The van der Waals surface area contributed by atoms with Gasteiger partial charge in [0.1, 0.15) is 0 Å². The molecule has 0 spiro atoms. The molecule has 2 aromatic rings. The van der Waals surface area contributed by atoms with Crippen LogP contribution in [0.3, 0.4) is 0 Å². The summed E-state index contributed by atoms with van der Waals surface area (Å²) in [5.74, 6) is 2.43. The summed E-state index contributed by atoms with van der Waals surface area (Å²) in [5.41, 5.74) is 5.12. The Bertz CT molecular complexity index is 1330. The van der Waals surface area contributed by atoms with Crippen LogP contribution in [0.2, 0.25) is 0 Å². The minimum atomic E-state index is -0.510. The third-order valence-corrected chi connectivity index (χ3v) is 11.1. The number of hydrogen-bond acceptors (Lipinski definition) is 5. The molecule has 38 heavy (non-hydrogen) atoms. The number of pyridine rings is 1. The Morgan fingerprint density at radius 3 is 2.66 bits per heavy atom. The molecule has 8 nitrogen and oxygen atoms in total. The Morgan fingerprint density at radius 1 is 1.13 bits per heavy atom. The van der Waals surface area contributed by atoms with Crippen molar-refractivity contribution >= 4 is 23.3 Å². The Morgan fingerprint density at radius 2 is 1.95 bits per heavy atom. The molecule has 3 N–H and O–H groups in total. The number of nitrogens with one attached hydrogen (secondary N) is 3. The zero-order valence-electron chi connectivity index (χ0n) is 22.3. The van der Waals surface area contributed by atoms with Gasteiger partial charge in [-0.25, -0.2) is 0 Å². The zero-order valence-corrected chi connectivity index (χ0v) is 24.5. The number of aryl methyl sites for hydroxylation is 1. The number of hydrogen-bond donors (Lipinski definition) is 3. The third kappa shape index (κ3) is 5.53. The van der Waals surface area contributed by atoms with E-state index >= 15 is 0 Å². The number of carbonyl (C=O) groups excluding carboxylic acids is 2. The summed E-state index contributed by atoms with van der Waals surface area (Å²) in [4.78, 5) is 30.6. The van der Waals surface area contributed by atoms with Crippen molar-refractivity contribution in [1.82, 2.24) is 25.4 Å². The summed E-state index contributed by atoms with van der Waals surface area (Å²) in [6.45, 7) is 5.02. The van der Waals surface area contributed by atoms with E-state index in [1.807, 2.05) is 24.1 Å². The molecule has 2 saturated carbocycles. The predicted octanol–water partition coefficient (Wildman–Crippen LogP) is 1.57. The van der Waals surface area contributed by atoms with Gasteiger partial charge in [0, 0.05) is 0 Å². The fraction of sp³-hybridized carbons (Fsp3) is 0.517. The maximum atomic E-state index is 13.4. The number of rotatable bonds is 9. The minimum absolute atomic E-state index is 0.000876. The quantitative estimate of drug-likeness (QED) is 0.290. The summed E-state index contributed by atoms with van der Waals surface area (Å²) in [7, 11) is 1.95. The molecule has 0 aromatic carbocycles. The van der Waals surface area contributed by atoms with Gasteiger partial charge in [-0.1, -0.05) is 13.8 Å². The van der Waals surface area contributed by atoms with Crippen LogP contribution >= 0.6 is 0 Å². The molecule has 2 aromatic heterocycles. The molecule has 6 rings (SSSR count). The second-order valence-electron chi connectivity index (χ2n) is 11.4. The molecule has 1 aliphatic heterocycles. The van der Waals surface area contributed by atoms with Crippen LogP contribution in [0, 0.1) is 11.8 Å². The molecule has 0 radical (unpaired) electrons. The zero-order chi connectivity index (χ0) is 26.4. The van der Waals surface area contributed by atoms with Gasteiger partial charge in [-0.15, -0.1) is 0 Å². The number of carbonyl (C=O) groups is 2. The molecule has 4 aliphatic rings. The Kier molecular flexibility index (Phi) is 7.05. The third-order valence-electron chi connectivity index (χ3n) is 7.87. The van der Waals surface area contributed by atoms with Gasteiger partial charge in [0.25, 0.3) is 0 Å². The first kappa shape index (κ1) is 25.6. The van der Waals surface area contributed by atoms with Gasteiger partial charge < -0.3 is 0 Å². The first-order valence-electron chi connectivity index (χ1n) is 13.8. The maximum absolute atomic E-state index is 13.4. The average Bonchev–Trinajstić information content (AvgIpc) is 3.83. The normalized spacial score (nSPS) is 21.3. The fourth-order valence-electron chi connectivity index (χ4n) is 5.14. The summed E-state index contributed by atoms with van der Waals surface area (Å²) in [6.07, 6.45) is 11.0. The first-order valence-corrected chi connectivity index (χ1v) is 16.0. The first-order chi connectivity index (χ1) is 18.4. The molecule has 3 heterocycles. The standard InChI is InChI=1S/C29H36IN6O2/c1-16(2)24-12-25(36(3)35-24)33-21-10-20(14-31-15-21)19-8-9-23-22(11-19)26(29(38)32-13-17-4-5-17)27(30-23)34-28(37)18-6-7-18/h10,12,14-19,33H,4-9,11,13H2,1-3H3,(H,32,38)(H,34,37)/q-1/t19-/m0/s1. The van der Waals surface area contributed by atoms with E-state index in [0.717, 1.165) is 65.1 Å². The molecule has 0 unspecified atom stereocenters. The number of halogens is 1. The van der Waals surface area contributed by atoms with Crippen LogP contribution in [0.15, 0.2) is 43.0 Å². The van der Waals surface area contributed by atoms with Crippen molar-refractivity contribution in [3.8, 4) is 0 Å². The molecule has 202 valence electrons. The van der Waals surface area contributed by atoms with E-state index in [4.69, 9.17) is 0 Å². The second kappa shape index (κ2) is 10.5. The Labute approximate surface area is 234 Å². The second-order valence-corrected chi connectivity index (χ2v) is 14.3. The van der Waals surface area contributed by atoms with Crippen LogP contribution in [-0.4, -0.2) is 33.1 Å². The molecule has 0 bridgehead atoms. The van der Waals surface area contributed by atoms with E-state index in [2.05, 4.69) is 52.0 Å². The van der Waals surface area contributed by atoms with E-state index in [9.17, 15) is 9.59 Å². The van der Waals surface area contributed by atoms with E-state index in [-0.39, 0.29) is 23.7 Å². The molecular formula is C29H36IN6O2-. The Hall–Kier alpha value is -2.69. The van der Waals surface area contributed by atoms with Crippen molar-refractivity contribution in [1.29, 1.82) is 0 Å². The van der Waals surface area contributed by atoms with Crippen LogP contribution in [0.25, 0.3) is 0 Å². The van der Waals surface area contributed by atoms with E-state index in [0.29, 0.717) is 11.8 Å². The van der Waals surface area contributed by atoms with E-state index in [1.165, 1.54) is 27.6 Å². The average molecular weight is 628 g/mol. The van der Waals surface area contributed by atoms with Gasteiger partial charge >= 0.3 is 221 Å². The molecule has 1 atom stereocenters. The van der Waals surface area contributed by atoms with Crippen LogP contribution in [0.1, 0.15) is 81.9 Å². The molecule has 2 amide bonds. The SMILES string of the molecule is CC(C)c1cc(Nc2cncc([C@H]3CCC4=C(C3)C(C(=O)NCC3CC3)=C(NC(=O)C3CC3)[I-]4)c2)n(C)n1. The predicted molar refractivity (Wildman–Crippen MR) is 142 cm³/mol. The van der Waals surface area contributed by atoms with Crippen molar-refractivity contribution in [3.63, 3.8) is 0 Å². The van der Waals surface area contributed by atoms with Crippen molar-refractivity contribution in [2.24, 2.45) is 18.9 Å². The van der Waals surface area contributed by atoms with E-state index < -0.39 is 21.2 Å². The number of aromatic nitrogens is 3. The van der Waals surface area contributed by atoms with Gasteiger partial charge in [0.2, 0.25) is 0 Å². The Balaban J connectivity index is 1.21. The monoisotopic (exact) mass is 627 g/mol.